The summed E-state index contributed by atoms with van der Waals surface area (Å²) in [6, 6.07) is 13.3. The van der Waals surface area contributed by atoms with E-state index < -0.39 is 53.6 Å². The fraction of sp³-hybridized carbons (Fsp3) is 0.474. The van der Waals surface area contributed by atoms with Gasteiger partial charge in [0.25, 0.3) is 5.91 Å². The van der Waals surface area contributed by atoms with Crippen LogP contribution in [0.15, 0.2) is 73.8 Å². The number of carbonyl (C=O) groups excluding carboxylic acids is 4. The monoisotopic (exact) mass is 657 g/mol. The van der Waals surface area contributed by atoms with Gasteiger partial charge >= 0.3 is 5.97 Å². The highest BCUT2D eigenvalue weighted by molar-refractivity contribution is 6.05. The Balaban J connectivity index is 1.49. The number of anilines is 1. The minimum atomic E-state index is -1.27. The number of rotatable bonds is 15. The standard InChI is InChI=1S/C38H47N3O7/c1-6-9-15-31(43)39-22-30(26-13-11-10-12-14-26)47-37(46)32-29-18-19-38(48-29)33(32)35(44)41(27(8-3)23-42)34(38)36(45)40(20-7-2)28-21-24(4)16-17-25(28)5/h6-7,10-14,16-17,21,27,29-30,32-34,42H,1-2,8-9,15,18-20,22-23H2,3-5H3,(H,39,43)/t27-,29-,30+,32+,33+,34-,38+/m0/s1. The maximum absolute atomic E-state index is 14.8. The lowest BCUT2D eigenvalue weighted by Gasteiger charge is -2.39. The normalized spacial score (nSPS) is 25.2. The molecule has 2 bridgehead atoms. The van der Waals surface area contributed by atoms with Crippen LogP contribution in [0.25, 0.3) is 0 Å². The van der Waals surface area contributed by atoms with E-state index in [1.807, 2.05) is 69.3 Å². The van der Waals surface area contributed by atoms with Crippen molar-refractivity contribution in [3.63, 3.8) is 0 Å². The lowest BCUT2D eigenvalue weighted by Crippen LogP contribution is -2.59. The molecule has 3 aliphatic rings. The predicted octanol–water partition coefficient (Wildman–Crippen LogP) is 4.33. The van der Waals surface area contributed by atoms with E-state index in [-0.39, 0.29) is 37.9 Å². The van der Waals surface area contributed by atoms with Crippen LogP contribution in [0.3, 0.4) is 0 Å². The molecule has 5 rings (SSSR count). The summed E-state index contributed by atoms with van der Waals surface area (Å²) in [5.74, 6) is -3.48. The van der Waals surface area contributed by atoms with Crippen molar-refractivity contribution >= 4 is 29.4 Å². The van der Waals surface area contributed by atoms with Crippen LogP contribution in [0, 0.1) is 25.7 Å². The van der Waals surface area contributed by atoms with E-state index in [9.17, 15) is 24.3 Å². The summed E-state index contributed by atoms with van der Waals surface area (Å²) in [6.07, 6.45) is 3.94. The summed E-state index contributed by atoms with van der Waals surface area (Å²) in [6.45, 7) is 13.2. The maximum atomic E-state index is 14.8. The van der Waals surface area contributed by atoms with Crippen LogP contribution in [0.1, 0.15) is 61.8 Å². The molecule has 3 heterocycles. The first-order valence-corrected chi connectivity index (χ1v) is 16.8. The number of allylic oxidation sites excluding steroid dienone is 1. The predicted molar refractivity (Wildman–Crippen MR) is 182 cm³/mol. The van der Waals surface area contributed by atoms with E-state index in [4.69, 9.17) is 9.47 Å². The topological polar surface area (TPSA) is 125 Å². The summed E-state index contributed by atoms with van der Waals surface area (Å²) < 4.78 is 12.8. The third-order valence-electron chi connectivity index (χ3n) is 10.0. The number of nitrogens with one attached hydrogen (secondary N) is 1. The van der Waals surface area contributed by atoms with Gasteiger partial charge in [-0.15, -0.1) is 13.2 Å². The van der Waals surface area contributed by atoms with Gasteiger partial charge in [-0.2, -0.15) is 0 Å². The number of hydrogen-bond donors (Lipinski definition) is 2. The molecule has 3 fully saturated rings. The summed E-state index contributed by atoms with van der Waals surface area (Å²) >= 11 is 0. The van der Waals surface area contributed by atoms with Crippen LogP contribution < -0.4 is 10.2 Å². The van der Waals surface area contributed by atoms with Gasteiger partial charge in [-0.25, -0.2) is 0 Å². The van der Waals surface area contributed by atoms with E-state index in [1.165, 1.54) is 4.90 Å². The van der Waals surface area contributed by atoms with Gasteiger partial charge in [-0.1, -0.05) is 61.5 Å². The van der Waals surface area contributed by atoms with Crippen LogP contribution >= 0.6 is 0 Å². The Kier molecular flexibility index (Phi) is 10.9. The zero-order valence-corrected chi connectivity index (χ0v) is 28.1. The Labute approximate surface area is 282 Å². The van der Waals surface area contributed by atoms with Crippen LogP contribution in [0.4, 0.5) is 5.69 Å². The van der Waals surface area contributed by atoms with Gasteiger partial charge in [0.2, 0.25) is 11.8 Å². The highest BCUT2D eigenvalue weighted by Gasteiger charge is 2.75. The summed E-state index contributed by atoms with van der Waals surface area (Å²) in [4.78, 5) is 59.1. The number of aliphatic hydroxyl groups is 1. The highest BCUT2D eigenvalue weighted by Crippen LogP contribution is 2.59. The number of hydrogen-bond acceptors (Lipinski definition) is 7. The van der Waals surface area contributed by atoms with Gasteiger partial charge < -0.3 is 29.7 Å². The number of ether oxygens (including phenoxy) is 2. The number of aliphatic hydroxyl groups excluding tert-OH is 1. The van der Waals surface area contributed by atoms with Gasteiger partial charge in [-0.05, 0) is 62.3 Å². The van der Waals surface area contributed by atoms with Crippen molar-refractivity contribution in [1.82, 2.24) is 10.2 Å². The fourth-order valence-electron chi connectivity index (χ4n) is 7.68. The van der Waals surface area contributed by atoms with Crippen LogP contribution in [-0.4, -0.2) is 77.2 Å². The van der Waals surface area contributed by atoms with Crippen molar-refractivity contribution in [2.24, 2.45) is 11.8 Å². The van der Waals surface area contributed by atoms with Crippen molar-refractivity contribution in [3.05, 3.63) is 90.5 Å². The number of likely N-dealkylation sites (tertiary alicyclic amines) is 1. The molecule has 0 radical (unpaired) electrons. The van der Waals surface area contributed by atoms with Crippen molar-refractivity contribution in [2.75, 3.05) is 24.6 Å². The third-order valence-corrected chi connectivity index (χ3v) is 10.0. The van der Waals surface area contributed by atoms with Crippen molar-refractivity contribution < 1.29 is 33.8 Å². The van der Waals surface area contributed by atoms with Crippen molar-refractivity contribution in [2.45, 2.75) is 82.8 Å². The average Bonchev–Trinajstić information content (AvgIpc) is 3.74. The molecular formula is C38H47N3O7. The first-order chi connectivity index (χ1) is 23.1. The molecule has 48 heavy (non-hydrogen) atoms. The molecule has 256 valence electrons. The Morgan fingerprint density at radius 3 is 2.58 bits per heavy atom. The van der Waals surface area contributed by atoms with Gasteiger partial charge in [0.05, 0.1) is 37.1 Å². The molecule has 0 aromatic heterocycles. The second-order valence-corrected chi connectivity index (χ2v) is 13.0. The Bertz CT molecular complexity index is 1540. The number of nitrogens with zero attached hydrogens (tertiary/aromatic N) is 2. The minimum Gasteiger partial charge on any atom is -0.455 e. The van der Waals surface area contributed by atoms with Crippen molar-refractivity contribution in [3.8, 4) is 0 Å². The quantitative estimate of drug-likeness (QED) is 0.216. The van der Waals surface area contributed by atoms with Gasteiger partial charge in [0, 0.05) is 18.7 Å². The molecule has 7 atom stereocenters. The SMILES string of the molecule is C=CCCC(=O)NC[C@@H](OC(=O)[C@@H]1[C@@H]2CC[C@]3(O2)[C@H](C(=O)N(CC=C)c2cc(C)ccc2C)N([C@@H](CC)CO)C(=O)[C@@H]13)c1ccccc1. The first kappa shape index (κ1) is 35.0. The molecule has 2 aromatic rings. The molecule has 3 amide bonds. The second kappa shape index (κ2) is 14.9. The smallest absolute Gasteiger partial charge is 0.313 e. The highest BCUT2D eigenvalue weighted by atomic mass is 16.6. The molecule has 10 nitrogen and oxygen atoms in total. The molecule has 2 aromatic carbocycles. The number of aryl methyl sites for hydroxylation is 2. The molecular weight excluding hydrogens is 610 g/mol. The van der Waals surface area contributed by atoms with E-state index in [1.54, 1.807) is 17.1 Å². The zero-order valence-electron chi connectivity index (χ0n) is 28.1. The van der Waals surface area contributed by atoms with Gasteiger partial charge in [-0.3, -0.25) is 19.2 Å². The van der Waals surface area contributed by atoms with E-state index in [0.29, 0.717) is 36.9 Å². The number of carbonyl (C=O) groups is 4. The maximum Gasteiger partial charge on any atom is 0.313 e. The van der Waals surface area contributed by atoms with Crippen molar-refractivity contribution in [1.29, 1.82) is 0 Å². The number of amides is 3. The largest absolute Gasteiger partial charge is 0.455 e. The molecule has 0 saturated carbocycles. The Morgan fingerprint density at radius 1 is 1.17 bits per heavy atom. The fourth-order valence-corrected chi connectivity index (χ4v) is 7.68. The number of fused-ring (bicyclic) bond motifs is 1. The van der Waals surface area contributed by atoms with E-state index in [2.05, 4.69) is 18.5 Å². The van der Waals surface area contributed by atoms with Crippen LogP contribution in [-0.2, 0) is 28.7 Å². The Morgan fingerprint density at radius 2 is 1.92 bits per heavy atom. The molecule has 10 heteroatoms. The van der Waals surface area contributed by atoms with Crippen LogP contribution in [0.2, 0.25) is 0 Å². The second-order valence-electron chi connectivity index (χ2n) is 13.0. The average molecular weight is 658 g/mol. The molecule has 3 aliphatic heterocycles. The summed E-state index contributed by atoms with van der Waals surface area (Å²) in [5, 5.41) is 13.3. The minimum absolute atomic E-state index is 0.0513. The number of esters is 1. The van der Waals surface area contributed by atoms with E-state index >= 15 is 0 Å². The summed E-state index contributed by atoms with van der Waals surface area (Å²) in [7, 11) is 0. The zero-order chi connectivity index (χ0) is 34.6. The summed E-state index contributed by atoms with van der Waals surface area (Å²) in [5.41, 5.74) is 1.98. The first-order valence-electron chi connectivity index (χ1n) is 16.8. The van der Waals surface area contributed by atoms with Crippen LogP contribution in [0.5, 0.6) is 0 Å². The van der Waals surface area contributed by atoms with E-state index in [0.717, 1.165) is 11.1 Å². The lowest BCUT2D eigenvalue weighted by atomic mass is 9.70. The Hall–Kier alpha value is -4.28. The molecule has 0 aliphatic carbocycles. The lowest BCUT2D eigenvalue weighted by molar-refractivity contribution is -0.161. The molecule has 0 unspecified atom stereocenters. The third kappa shape index (κ3) is 6.43. The van der Waals surface area contributed by atoms with Gasteiger partial charge in [0.15, 0.2) is 0 Å². The molecule has 3 saturated heterocycles. The number of benzene rings is 2. The molecule has 1 spiro atoms. The van der Waals surface area contributed by atoms with Gasteiger partial charge in [0.1, 0.15) is 17.7 Å². The molecule has 2 N–H and O–H groups in total.